The number of halogens is 4. The van der Waals surface area contributed by atoms with Gasteiger partial charge in [0.2, 0.25) is 17.8 Å². The lowest BCUT2D eigenvalue weighted by atomic mass is 10.1. The predicted octanol–water partition coefficient (Wildman–Crippen LogP) is 4.40. The Balaban J connectivity index is 1.38. The van der Waals surface area contributed by atoms with Gasteiger partial charge in [0.25, 0.3) is 10.0 Å². The van der Waals surface area contributed by atoms with Crippen LogP contribution in [-0.4, -0.2) is 78.2 Å². The SMILES string of the molecule is CC(=O)N(C)C1CCN(c2nc(CNC(=O)[C@@H]3CCCN3S(=O)(=O)c3ccc(Cl)s3)cc(-c3ccc(C(F)(F)F)cc3)n2)C1. The van der Waals surface area contributed by atoms with E-state index in [1.807, 2.05) is 4.90 Å². The molecule has 2 saturated heterocycles. The Hall–Kier alpha value is -3.27. The monoisotopic (exact) mass is 670 g/mol. The number of carbonyl (C=O) groups is 2. The number of alkyl halides is 3. The molecular weight excluding hydrogens is 641 g/mol. The number of aromatic nitrogens is 2. The van der Waals surface area contributed by atoms with Gasteiger partial charge in [-0.2, -0.15) is 17.5 Å². The quantitative estimate of drug-likeness (QED) is 0.378. The maximum Gasteiger partial charge on any atom is 0.416 e. The first-order valence-electron chi connectivity index (χ1n) is 13.8. The van der Waals surface area contributed by atoms with Gasteiger partial charge in [0, 0.05) is 39.2 Å². The van der Waals surface area contributed by atoms with E-state index in [-0.39, 0.29) is 29.2 Å². The van der Waals surface area contributed by atoms with Gasteiger partial charge in [0.15, 0.2) is 0 Å². The molecular formula is C28H30ClF3N6O4S2. The van der Waals surface area contributed by atoms with Crippen LogP contribution in [0.2, 0.25) is 4.34 Å². The highest BCUT2D eigenvalue weighted by molar-refractivity contribution is 7.91. The van der Waals surface area contributed by atoms with Crippen LogP contribution in [0, 0.1) is 0 Å². The summed E-state index contributed by atoms with van der Waals surface area (Å²) in [7, 11) is -2.20. The number of carbonyl (C=O) groups excluding carboxylic acids is 2. The Morgan fingerprint density at radius 2 is 1.84 bits per heavy atom. The van der Waals surface area contributed by atoms with E-state index in [1.165, 1.54) is 35.5 Å². The van der Waals surface area contributed by atoms with Crippen LogP contribution in [0.1, 0.15) is 37.4 Å². The minimum absolute atomic E-state index is 0.0585. The van der Waals surface area contributed by atoms with Gasteiger partial charge in [0.1, 0.15) is 10.3 Å². The summed E-state index contributed by atoms with van der Waals surface area (Å²) in [5.74, 6) is -0.259. The molecule has 1 unspecified atom stereocenters. The third kappa shape index (κ3) is 6.85. The molecule has 1 aromatic carbocycles. The fourth-order valence-electron chi connectivity index (χ4n) is 5.33. The fraction of sp³-hybridized carbons (Fsp3) is 0.429. The van der Waals surface area contributed by atoms with Crippen molar-refractivity contribution in [2.45, 2.75) is 55.2 Å². The highest BCUT2D eigenvalue weighted by atomic mass is 35.5. The van der Waals surface area contributed by atoms with Crippen LogP contribution in [0.5, 0.6) is 0 Å². The number of nitrogens with one attached hydrogen (secondary N) is 1. The van der Waals surface area contributed by atoms with Crippen LogP contribution in [0.3, 0.4) is 0 Å². The van der Waals surface area contributed by atoms with Crippen molar-refractivity contribution in [3.8, 4) is 11.3 Å². The molecule has 2 aliphatic rings. The van der Waals surface area contributed by atoms with E-state index < -0.39 is 33.7 Å². The zero-order valence-corrected chi connectivity index (χ0v) is 26.2. The first-order chi connectivity index (χ1) is 20.7. The summed E-state index contributed by atoms with van der Waals surface area (Å²) >= 11 is 6.87. The molecule has 10 nitrogen and oxygen atoms in total. The smallest absolute Gasteiger partial charge is 0.349 e. The number of anilines is 1. The molecule has 5 rings (SSSR count). The van der Waals surface area contributed by atoms with Gasteiger partial charge in [-0.15, -0.1) is 11.3 Å². The summed E-state index contributed by atoms with van der Waals surface area (Å²) in [6.07, 6.45) is -2.96. The number of amides is 2. The summed E-state index contributed by atoms with van der Waals surface area (Å²) in [5, 5.41) is 2.79. The number of nitrogens with zero attached hydrogens (tertiary/aromatic N) is 5. The molecule has 0 saturated carbocycles. The molecule has 0 bridgehead atoms. The van der Waals surface area contributed by atoms with Crippen molar-refractivity contribution in [2.24, 2.45) is 0 Å². The summed E-state index contributed by atoms with van der Waals surface area (Å²) in [4.78, 5) is 38.0. The van der Waals surface area contributed by atoms with E-state index in [4.69, 9.17) is 11.6 Å². The van der Waals surface area contributed by atoms with Gasteiger partial charge < -0.3 is 15.1 Å². The number of thiophene rings is 1. The molecule has 236 valence electrons. The predicted molar refractivity (Wildman–Crippen MR) is 160 cm³/mol. The molecule has 2 aromatic heterocycles. The molecule has 2 amide bonds. The van der Waals surface area contributed by atoms with Gasteiger partial charge in [0.05, 0.1) is 33.9 Å². The first kappa shape index (κ1) is 32.1. The van der Waals surface area contributed by atoms with Crippen LogP contribution in [0.15, 0.2) is 46.7 Å². The maximum absolute atomic E-state index is 13.3. The molecule has 2 atom stereocenters. The molecule has 1 N–H and O–H groups in total. The topological polar surface area (TPSA) is 116 Å². The van der Waals surface area contributed by atoms with Gasteiger partial charge in [-0.1, -0.05) is 23.7 Å². The summed E-state index contributed by atoms with van der Waals surface area (Å²) in [6, 6.07) is 8.10. The van der Waals surface area contributed by atoms with Gasteiger partial charge in [-0.05, 0) is 49.6 Å². The molecule has 0 aliphatic carbocycles. The largest absolute Gasteiger partial charge is 0.416 e. The Morgan fingerprint density at radius 3 is 2.48 bits per heavy atom. The molecule has 0 radical (unpaired) electrons. The molecule has 44 heavy (non-hydrogen) atoms. The minimum atomic E-state index is -4.49. The van der Waals surface area contributed by atoms with E-state index >= 15 is 0 Å². The summed E-state index contributed by atoms with van der Waals surface area (Å²) in [5.41, 5.74) is 0.377. The molecule has 4 heterocycles. The van der Waals surface area contributed by atoms with E-state index in [0.29, 0.717) is 59.6 Å². The van der Waals surface area contributed by atoms with Crippen molar-refractivity contribution < 1.29 is 31.2 Å². The summed E-state index contributed by atoms with van der Waals surface area (Å²) < 4.78 is 67.5. The molecule has 0 spiro atoms. The standard InChI is InChI=1S/C28H30ClF3N6O4S2/c1-17(39)36(2)21-11-13-37(16-21)27-34-20(14-22(35-27)18-5-7-19(8-6-18)28(30,31)32)15-33-26(40)23-4-3-12-38(23)44(41,42)25-10-9-24(29)43-25/h5-10,14,21,23H,3-4,11-13,15-16H2,1-2H3,(H,33,40)/t21?,23-/m0/s1. The van der Waals surface area contributed by atoms with Crippen LogP contribution >= 0.6 is 22.9 Å². The summed E-state index contributed by atoms with van der Waals surface area (Å²) in [6.45, 7) is 2.61. The number of likely N-dealkylation sites (N-methyl/N-ethyl adjacent to an activating group) is 1. The van der Waals surface area contributed by atoms with Crippen molar-refractivity contribution in [1.29, 1.82) is 0 Å². The Kier molecular flexibility index (Phi) is 9.21. The van der Waals surface area contributed by atoms with Gasteiger partial charge in [-0.3, -0.25) is 9.59 Å². The fourth-order valence-corrected chi connectivity index (χ4v) is 8.60. The highest BCUT2D eigenvalue weighted by Crippen LogP contribution is 2.33. The van der Waals surface area contributed by atoms with E-state index in [0.717, 1.165) is 23.5 Å². The second kappa shape index (κ2) is 12.6. The lowest BCUT2D eigenvalue weighted by Gasteiger charge is -2.24. The zero-order chi connectivity index (χ0) is 31.8. The Morgan fingerprint density at radius 1 is 1.11 bits per heavy atom. The number of rotatable bonds is 8. The highest BCUT2D eigenvalue weighted by Gasteiger charge is 2.40. The van der Waals surface area contributed by atoms with Crippen molar-refractivity contribution in [2.75, 3.05) is 31.6 Å². The van der Waals surface area contributed by atoms with Crippen LogP contribution in [-0.2, 0) is 32.3 Å². The maximum atomic E-state index is 13.3. The van der Waals surface area contributed by atoms with Crippen molar-refractivity contribution in [1.82, 2.24) is 24.5 Å². The minimum Gasteiger partial charge on any atom is -0.349 e. The van der Waals surface area contributed by atoms with Crippen LogP contribution < -0.4 is 10.2 Å². The van der Waals surface area contributed by atoms with Gasteiger partial charge >= 0.3 is 6.18 Å². The number of benzene rings is 1. The van der Waals surface area contributed by atoms with E-state index in [2.05, 4.69) is 15.3 Å². The number of hydrogen-bond donors (Lipinski definition) is 1. The van der Waals surface area contributed by atoms with E-state index in [1.54, 1.807) is 18.0 Å². The molecule has 2 aliphatic heterocycles. The van der Waals surface area contributed by atoms with Crippen molar-refractivity contribution >= 4 is 50.7 Å². The third-order valence-corrected chi connectivity index (χ3v) is 11.4. The van der Waals surface area contributed by atoms with Gasteiger partial charge in [-0.25, -0.2) is 18.4 Å². The zero-order valence-electron chi connectivity index (χ0n) is 23.8. The Bertz CT molecular complexity index is 1650. The third-order valence-electron chi connectivity index (χ3n) is 7.83. The number of hydrogen-bond acceptors (Lipinski definition) is 8. The second-order valence-electron chi connectivity index (χ2n) is 10.7. The molecule has 2 fully saturated rings. The van der Waals surface area contributed by atoms with Crippen molar-refractivity contribution in [3.05, 3.63) is 58.1 Å². The first-order valence-corrected chi connectivity index (χ1v) is 16.5. The average molecular weight is 671 g/mol. The number of sulfonamides is 1. The molecule has 16 heteroatoms. The lowest BCUT2D eigenvalue weighted by Crippen LogP contribution is -2.45. The Labute approximate surface area is 261 Å². The molecule has 3 aromatic rings. The average Bonchev–Trinajstić information content (AvgIpc) is 3.76. The normalized spacial score (nSPS) is 19.4. The second-order valence-corrected chi connectivity index (χ2v) is 14.5. The lowest BCUT2D eigenvalue weighted by molar-refractivity contribution is -0.137. The van der Waals surface area contributed by atoms with Crippen LogP contribution in [0.25, 0.3) is 11.3 Å². The van der Waals surface area contributed by atoms with Crippen LogP contribution in [0.4, 0.5) is 19.1 Å². The van der Waals surface area contributed by atoms with E-state index in [9.17, 15) is 31.2 Å². The van der Waals surface area contributed by atoms with Crippen molar-refractivity contribution in [3.63, 3.8) is 0 Å².